The number of aldehydes is 1. The first kappa shape index (κ1) is 37.7. The highest BCUT2D eigenvalue weighted by Gasteiger charge is 2.40. The molecule has 3 aliphatic heterocycles. The van der Waals surface area contributed by atoms with Crippen molar-refractivity contribution in [2.24, 2.45) is 5.73 Å². The number of nitrogens with one attached hydrogen (secondary N) is 2. The zero-order valence-electron chi connectivity index (χ0n) is 27.7. The third-order valence-electron chi connectivity index (χ3n) is 7.68. The minimum absolute atomic E-state index is 0.0379. The van der Waals surface area contributed by atoms with Crippen molar-refractivity contribution in [3.8, 4) is 11.9 Å². The number of halogens is 5. The number of methoxy groups -OCH3 is 1. The van der Waals surface area contributed by atoms with Crippen LogP contribution in [0.2, 0.25) is 0 Å². The smallest absolute Gasteiger partial charge is 0.431 e. The Bertz CT molecular complexity index is 1420. The molecule has 2 aromatic heterocycles. The molecule has 2 fully saturated rings. The van der Waals surface area contributed by atoms with Crippen LogP contribution in [0.4, 0.5) is 27.8 Å². The number of carbonyl (C=O) groups excluding carboxylic acids is 1. The third kappa shape index (κ3) is 9.40. The van der Waals surface area contributed by atoms with Gasteiger partial charge in [0.15, 0.2) is 12.1 Å². The molecule has 3 aliphatic rings. The molecule has 3 unspecified atom stereocenters. The Balaban J connectivity index is 0.000000458. The molecule has 0 spiro atoms. The first-order valence-electron chi connectivity index (χ1n) is 15.7. The van der Waals surface area contributed by atoms with Gasteiger partial charge in [-0.05, 0) is 51.8 Å². The molecule has 0 aromatic carbocycles. The van der Waals surface area contributed by atoms with Crippen LogP contribution in [0.1, 0.15) is 52.1 Å². The number of aromatic nitrogens is 3. The number of carbonyl (C=O) groups is 1. The van der Waals surface area contributed by atoms with Crippen molar-refractivity contribution in [3.05, 3.63) is 29.0 Å². The molecule has 5 heterocycles. The fourth-order valence-corrected chi connectivity index (χ4v) is 5.68. The highest BCUT2D eigenvalue weighted by molar-refractivity contribution is 5.97. The quantitative estimate of drug-likeness (QED) is 0.180. The molecule has 4 N–H and O–H groups in total. The van der Waals surface area contributed by atoms with E-state index in [0.29, 0.717) is 38.6 Å². The second-order valence-electron chi connectivity index (χ2n) is 11.3. The van der Waals surface area contributed by atoms with Crippen LogP contribution >= 0.6 is 0 Å². The molecule has 16 heteroatoms. The van der Waals surface area contributed by atoms with E-state index in [0.717, 1.165) is 38.0 Å². The van der Waals surface area contributed by atoms with Crippen molar-refractivity contribution >= 4 is 28.6 Å². The van der Waals surface area contributed by atoms with Crippen LogP contribution in [0.25, 0.3) is 16.5 Å². The van der Waals surface area contributed by atoms with Crippen molar-refractivity contribution < 1.29 is 36.2 Å². The Morgan fingerprint density at radius 2 is 1.87 bits per heavy atom. The van der Waals surface area contributed by atoms with Gasteiger partial charge in [-0.2, -0.15) is 23.1 Å². The van der Waals surface area contributed by atoms with Crippen LogP contribution in [0.15, 0.2) is 17.5 Å². The van der Waals surface area contributed by atoms with Gasteiger partial charge in [-0.1, -0.05) is 13.8 Å². The van der Waals surface area contributed by atoms with Gasteiger partial charge >= 0.3 is 12.2 Å². The molecule has 11 nitrogen and oxygen atoms in total. The van der Waals surface area contributed by atoms with E-state index in [2.05, 4.69) is 30.5 Å². The fourth-order valence-electron chi connectivity index (χ4n) is 5.68. The van der Waals surface area contributed by atoms with Crippen molar-refractivity contribution in [1.29, 1.82) is 0 Å². The number of hydrogen-bond acceptors (Lipinski definition) is 11. The Labute approximate surface area is 271 Å². The summed E-state index contributed by atoms with van der Waals surface area (Å²) in [4.78, 5) is 26.7. The molecule has 2 saturated heterocycles. The summed E-state index contributed by atoms with van der Waals surface area (Å²) in [6.45, 7) is 9.15. The molecule has 0 saturated carbocycles. The summed E-state index contributed by atoms with van der Waals surface area (Å²) in [7, 11) is 3.52. The number of alkyl halides is 4. The Morgan fingerprint density at radius 3 is 2.49 bits per heavy atom. The number of hydrogen-bond donors (Lipinski definition) is 3. The predicted octanol–water partition coefficient (Wildman–Crippen LogP) is 4.44. The second-order valence-corrected chi connectivity index (χ2v) is 11.3. The largest absolute Gasteiger partial charge is 0.474 e. The Morgan fingerprint density at radius 1 is 1.15 bits per heavy atom. The number of fused-ring (bicyclic) bond motifs is 1. The summed E-state index contributed by atoms with van der Waals surface area (Å²) >= 11 is 0. The number of allylic oxidation sites excluding steroid dienone is 4. The molecule has 47 heavy (non-hydrogen) atoms. The molecule has 0 aliphatic carbocycles. The van der Waals surface area contributed by atoms with E-state index in [1.165, 1.54) is 20.0 Å². The zero-order chi connectivity index (χ0) is 34.9. The van der Waals surface area contributed by atoms with E-state index in [9.17, 15) is 22.4 Å². The molecule has 0 amide bonds. The van der Waals surface area contributed by atoms with Gasteiger partial charge in [-0.25, -0.2) is 13.8 Å². The van der Waals surface area contributed by atoms with Gasteiger partial charge in [0.2, 0.25) is 5.88 Å². The van der Waals surface area contributed by atoms with Crippen molar-refractivity contribution in [3.63, 3.8) is 0 Å². The summed E-state index contributed by atoms with van der Waals surface area (Å²) in [6, 6.07) is 0.389. The monoisotopic (exact) mass is 672 g/mol. The molecular formula is C31H45F5N8O3. The van der Waals surface area contributed by atoms with Gasteiger partial charge in [0, 0.05) is 45.3 Å². The average Bonchev–Trinajstić information content (AvgIpc) is 3.60. The lowest BCUT2D eigenvalue weighted by atomic mass is 10.0. The summed E-state index contributed by atoms with van der Waals surface area (Å²) in [5, 5.41) is 6.29. The minimum Gasteiger partial charge on any atom is -0.474 e. The molecular weight excluding hydrogens is 627 g/mol. The van der Waals surface area contributed by atoms with Gasteiger partial charge in [0.1, 0.15) is 34.3 Å². The first-order valence-corrected chi connectivity index (χ1v) is 15.7. The average molecular weight is 673 g/mol. The fraction of sp³-hybridized carbons (Fsp3) is 0.613. The lowest BCUT2D eigenvalue weighted by Crippen LogP contribution is -2.27. The zero-order valence-corrected chi connectivity index (χ0v) is 27.7. The molecule has 2 aromatic rings. The number of rotatable bonds is 5. The number of nitrogens with zero attached hydrogens (tertiary/aromatic N) is 5. The molecule has 3 atom stereocenters. The van der Waals surface area contributed by atoms with Gasteiger partial charge in [0.05, 0.1) is 18.9 Å². The maximum absolute atomic E-state index is 16.0. The van der Waals surface area contributed by atoms with Crippen LogP contribution in [-0.4, -0.2) is 109 Å². The first-order chi connectivity index (χ1) is 22.3. The van der Waals surface area contributed by atoms with Crippen LogP contribution in [0.3, 0.4) is 0 Å². The van der Waals surface area contributed by atoms with Crippen molar-refractivity contribution in [2.75, 3.05) is 59.2 Å². The van der Waals surface area contributed by atoms with Crippen LogP contribution in [0.5, 0.6) is 11.9 Å². The van der Waals surface area contributed by atoms with E-state index in [1.807, 2.05) is 13.8 Å². The molecule has 5 rings (SSSR count). The molecule has 0 bridgehead atoms. The third-order valence-corrected chi connectivity index (χ3v) is 7.68. The van der Waals surface area contributed by atoms with E-state index < -0.39 is 46.9 Å². The van der Waals surface area contributed by atoms with Crippen molar-refractivity contribution in [2.45, 2.75) is 70.9 Å². The van der Waals surface area contributed by atoms with Gasteiger partial charge < -0.3 is 30.7 Å². The second kappa shape index (κ2) is 16.9. The van der Waals surface area contributed by atoms with E-state index in [-0.39, 0.29) is 34.9 Å². The summed E-state index contributed by atoms with van der Waals surface area (Å²) in [5.41, 5.74) is 1.81. The standard InChI is InChI=1S/C22H27F4N7O3.C7H12FN.C2H6/c1-11-5-6-28-7-8-29-19-14-17(31-21(32-19)35-4)15(23)16(30-20(14)36-11)13(9-12(27)10-34)18(33(2)3)22(24,25)26;8-6-4-7-2-1-3-9(7)5-6;1-2/h9-11,28H,5-8,27H2,1-4H3,(H,29,31,32);6-7H,1-5H2;1-2H3/b12-9+,18-13+;;. The number of ether oxygens (including phenoxy) is 2. The molecule has 262 valence electrons. The highest BCUT2D eigenvalue weighted by Crippen LogP contribution is 2.40. The van der Waals surface area contributed by atoms with E-state index >= 15 is 4.39 Å². The highest BCUT2D eigenvalue weighted by atomic mass is 19.4. The lowest BCUT2D eigenvalue weighted by molar-refractivity contribution is -0.107. The summed E-state index contributed by atoms with van der Waals surface area (Å²) < 4.78 is 82.0. The normalized spacial score (nSPS) is 22.2. The van der Waals surface area contributed by atoms with Crippen LogP contribution < -0.4 is 25.8 Å². The van der Waals surface area contributed by atoms with Gasteiger partial charge in [0.25, 0.3) is 0 Å². The minimum atomic E-state index is -4.95. The van der Waals surface area contributed by atoms with E-state index in [4.69, 9.17) is 15.2 Å². The Kier molecular flexibility index (Phi) is 13.5. The van der Waals surface area contributed by atoms with E-state index in [1.54, 1.807) is 6.92 Å². The number of anilines is 1. The lowest BCUT2D eigenvalue weighted by Gasteiger charge is -2.24. The van der Waals surface area contributed by atoms with Crippen LogP contribution in [-0.2, 0) is 4.79 Å². The summed E-state index contributed by atoms with van der Waals surface area (Å²) in [5.74, 6) is -1.25. The topological polar surface area (TPSA) is 131 Å². The predicted molar refractivity (Wildman–Crippen MR) is 170 cm³/mol. The van der Waals surface area contributed by atoms with Crippen LogP contribution in [0, 0.1) is 5.82 Å². The number of nitrogens with two attached hydrogens (primary N) is 1. The maximum atomic E-state index is 16.0. The summed E-state index contributed by atoms with van der Waals surface area (Å²) in [6.07, 6.45) is -1.18. The number of pyridine rings is 1. The Hall–Kier alpha value is -3.79. The maximum Gasteiger partial charge on any atom is 0.431 e. The van der Waals surface area contributed by atoms with Gasteiger partial charge in [-0.3, -0.25) is 9.69 Å². The SMILES string of the molecule is CC.COc1nc2c3c(nc(C(/C=C(/N)C=O)=C(/N(C)C)C(F)(F)F)c(F)c3n1)OC(C)CCNCCN2.FC1CC2CCCN2C1. The molecule has 0 radical (unpaired) electrons. The van der Waals surface area contributed by atoms with Crippen molar-refractivity contribution in [1.82, 2.24) is 30.1 Å². The van der Waals surface area contributed by atoms with Gasteiger partial charge in [-0.15, -0.1) is 0 Å².